The fourth-order valence-corrected chi connectivity index (χ4v) is 3.17. The van der Waals surface area contributed by atoms with Crippen LogP contribution in [0, 0.1) is 0 Å². The summed E-state index contributed by atoms with van der Waals surface area (Å²) >= 11 is 10.8. The summed E-state index contributed by atoms with van der Waals surface area (Å²) in [6.07, 6.45) is -3.44. The highest BCUT2D eigenvalue weighted by molar-refractivity contribution is 7.80. The molecule has 0 spiro atoms. The lowest BCUT2D eigenvalue weighted by atomic mass is 10.1. The van der Waals surface area contributed by atoms with Crippen molar-refractivity contribution < 1.29 is 26.3 Å². The molecule has 1 aliphatic carbocycles. The number of hydrogen-bond acceptors (Lipinski definition) is 2. The lowest BCUT2D eigenvalue weighted by Gasteiger charge is -2.20. The van der Waals surface area contributed by atoms with E-state index in [-0.39, 0.29) is 22.9 Å². The molecule has 12 heteroatoms. The third-order valence-corrected chi connectivity index (χ3v) is 4.61. The molecule has 2 N–H and O–H groups in total. The van der Waals surface area contributed by atoms with Gasteiger partial charge in [-0.1, -0.05) is 23.8 Å². The average Bonchev–Trinajstić information content (AvgIpc) is 3.05. The van der Waals surface area contributed by atoms with Crippen molar-refractivity contribution >= 4 is 40.3 Å². The van der Waals surface area contributed by atoms with Crippen molar-refractivity contribution in [3.8, 4) is 0 Å². The highest BCUT2D eigenvalue weighted by atomic mass is 35.5. The first-order valence-electron chi connectivity index (χ1n) is 8.39. The molecule has 2 aromatic rings. The van der Waals surface area contributed by atoms with Gasteiger partial charge >= 0.3 is 12.4 Å². The van der Waals surface area contributed by atoms with Crippen LogP contribution in [-0.4, -0.2) is 14.9 Å². The van der Waals surface area contributed by atoms with Crippen LogP contribution in [0.3, 0.4) is 0 Å². The first-order valence-corrected chi connectivity index (χ1v) is 9.17. The fourth-order valence-electron chi connectivity index (χ4n) is 2.78. The predicted molar refractivity (Wildman–Crippen MR) is 105 cm³/mol. The highest BCUT2D eigenvalue weighted by Gasteiger charge is 2.40. The van der Waals surface area contributed by atoms with Gasteiger partial charge in [-0.15, -0.1) is 0 Å². The van der Waals surface area contributed by atoms with Crippen molar-refractivity contribution in [3.05, 3.63) is 65.0 Å². The summed E-state index contributed by atoms with van der Waals surface area (Å²) in [6.45, 7) is 0. The van der Waals surface area contributed by atoms with E-state index in [2.05, 4.69) is 15.7 Å². The first kappa shape index (κ1) is 22.2. The smallest absolute Gasteiger partial charge is 0.332 e. The lowest BCUT2D eigenvalue weighted by Crippen LogP contribution is -2.24. The van der Waals surface area contributed by atoms with Crippen LogP contribution in [0.4, 0.5) is 37.7 Å². The Balaban J connectivity index is 1.77. The Labute approximate surface area is 177 Å². The topological polar surface area (TPSA) is 41.9 Å². The van der Waals surface area contributed by atoms with Gasteiger partial charge in [-0.05, 0) is 49.0 Å². The number of nitrogens with one attached hydrogen (secondary N) is 2. The molecule has 3 rings (SSSR count). The SMILES string of the molecule is FC(F)(F)c1ccc(NC(=S)Nc2cnn(C3C=CC(Cl)=CC3)c2C(F)(F)F)cc1. The number of thiocarbonyl (C=S) groups is 1. The Hall–Kier alpha value is -2.53. The maximum absolute atomic E-state index is 13.7. The minimum atomic E-state index is -4.73. The van der Waals surface area contributed by atoms with Crippen molar-refractivity contribution in [2.75, 3.05) is 10.6 Å². The molecule has 0 fully saturated rings. The Morgan fingerprint density at radius 1 is 1.07 bits per heavy atom. The summed E-state index contributed by atoms with van der Waals surface area (Å²) in [7, 11) is 0. The number of hydrogen-bond donors (Lipinski definition) is 2. The maximum Gasteiger partial charge on any atom is 0.435 e. The molecular weight excluding hydrogens is 454 g/mol. The summed E-state index contributed by atoms with van der Waals surface area (Å²) in [6, 6.07) is 3.22. The molecule has 4 nitrogen and oxygen atoms in total. The van der Waals surface area contributed by atoms with Gasteiger partial charge in [0.2, 0.25) is 0 Å². The van der Waals surface area contributed by atoms with E-state index in [0.29, 0.717) is 5.03 Å². The molecule has 0 saturated heterocycles. The van der Waals surface area contributed by atoms with E-state index in [0.717, 1.165) is 35.1 Å². The van der Waals surface area contributed by atoms with Crippen molar-refractivity contribution in [2.24, 2.45) is 0 Å². The molecule has 30 heavy (non-hydrogen) atoms. The number of rotatable bonds is 3. The van der Waals surface area contributed by atoms with Crippen LogP contribution in [0.5, 0.6) is 0 Å². The maximum atomic E-state index is 13.7. The van der Waals surface area contributed by atoms with Gasteiger partial charge in [0, 0.05) is 10.7 Å². The quantitative estimate of drug-likeness (QED) is 0.408. The Kier molecular flexibility index (Phi) is 6.14. The summed E-state index contributed by atoms with van der Waals surface area (Å²) in [4.78, 5) is 0. The molecule has 0 bridgehead atoms. The van der Waals surface area contributed by atoms with Crippen LogP contribution < -0.4 is 10.6 Å². The number of alkyl halides is 6. The van der Waals surface area contributed by atoms with Crippen molar-refractivity contribution in [3.63, 3.8) is 0 Å². The minimum Gasteiger partial charge on any atom is -0.332 e. The van der Waals surface area contributed by atoms with Crippen molar-refractivity contribution in [1.29, 1.82) is 0 Å². The number of anilines is 2. The van der Waals surface area contributed by atoms with Crippen LogP contribution in [0.25, 0.3) is 0 Å². The van der Waals surface area contributed by atoms with Gasteiger partial charge in [0.25, 0.3) is 0 Å². The summed E-state index contributed by atoms with van der Waals surface area (Å²) in [5, 5.41) is 8.98. The molecule has 1 aromatic heterocycles. The average molecular weight is 467 g/mol. The second-order valence-corrected chi connectivity index (χ2v) is 7.10. The third kappa shape index (κ3) is 5.14. The molecule has 0 aliphatic heterocycles. The highest BCUT2D eigenvalue weighted by Crippen LogP contribution is 2.38. The first-order chi connectivity index (χ1) is 13.9. The normalized spacial score (nSPS) is 16.9. The molecular formula is C18H13ClF6N4S. The molecule has 0 amide bonds. The number of aromatic nitrogens is 2. The van der Waals surface area contributed by atoms with Crippen molar-refractivity contribution in [2.45, 2.75) is 24.8 Å². The van der Waals surface area contributed by atoms with Crippen LogP contribution >= 0.6 is 23.8 Å². The van der Waals surface area contributed by atoms with E-state index in [1.165, 1.54) is 12.2 Å². The van der Waals surface area contributed by atoms with Gasteiger partial charge in [-0.25, -0.2) is 0 Å². The van der Waals surface area contributed by atoms with Gasteiger partial charge < -0.3 is 10.6 Å². The number of benzene rings is 1. The van der Waals surface area contributed by atoms with E-state index in [1.807, 2.05) is 0 Å². The molecule has 1 atom stereocenters. The van der Waals surface area contributed by atoms with Gasteiger partial charge in [0.1, 0.15) is 0 Å². The molecule has 160 valence electrons. The lowest BCUT2D eigenvalue weighted by molar-refractivity contribution is -0.144. The van der Waals surface area contributed by atoms with E-state index in [4.69, 9.17) is 23.8 Å². The molecule has 1 heterocycles. The van der Waals surface area contributed by atoms with E-state index < -0.39 is 29.7 Å². The number of nitrogens with zero attached hydrogens (tertiary/aromatic N) is 2. The summed E-state index contributed by atoms with van der Waals surface area (Å²) in [5.41, 5.74) is -2.11. The zero-order chi connectivity index (χ0) is 22.1. The standard InChI is InChI=1S/C18H13ClF6N4S/c19-11-3-7-13(8-4-11)29-15(18(23,24)25)14(9-26-29)28-16(30)27-12-5-1-10(2-6-12)17(20,21)22/h1-7,9,13H,8H2,(H2,27,28,30). The molecule has 0 saturated carbocycles. The third-order valence-electron chi connectivity index (χ3n) is 4.13. The van der Waals surface area contributed by atoms with Crippen LogP contribution in [0.1, 0.15) is 23.7 Å². The largest absolute Gasteiger partial charge is 0.435 e. The van der Waals surface area contributed by atoms with Gasteiger partial charge in [-0.3, -0.25) is 4.68 Å². The fraction of sp³-hybridized carbons (Fsp3) is 0.222. The molecule has 1 aliphatic rings. The van der Waals surface area contributed by atoms with E-state index >= 15 is 0 Å². The van der Waals surface area contributed by atoms with Crippen molar-refractivity contribution in [1.82, 2.24) is 9.78 Å². The second-order valence-electron chi connectivity index (χ2n) is 6.25. The predicted octanol–water partition coefficient (Wildman–Crippen LogP) is 6.35. The van der Waals surface area contributed by atoms with Gasteiger partial charge in [-0.2, -0.15) is 31.4 Å². The monoisotopic (exact) mass is 466 g/mol. The number of allylic oxidation sites excluding steroid dienone is 4. The van der Waals surface area contributed by atoms with Crippen LogP contribution in [0.2, 0.25) is 0 Å². The Morgan fingerprint density at radius 3 is 2.27 bits per heavy atom. The zero-order valence-corrected chi connectivity index (χ0v) is 16.4. The Morgan fingerprint density at radius 2 is 1.73 bits per heavy atom. The summed E-state index contributed by atoms with van der Waals surface area (Å²) < 4.78 is 79.7. The Bertz CT molecular complexity index is 992. The number of halogens is 7. The second kappa shape index (κ2) is 8.31. The molecule has 0 radical (unpaired) electrons. The molecule has 1 unspecified atom stereocenters. The summed E-state index contributed by atoms with van der Waals surface area (Å²) in [5.74, 6) is 0. The van der Waals surface area contributed by atoms with E-state index in [1.54, 1.807) is 6.08 Å². The van der Waals surface area contributed by atoms with Gasteiger partial charge in [0.15, 0.2) is 10.8 Å². The molecule has 1 aromatic carbocycles. The minimum absolute atomic E-state index is 0.177. The zero-order valence-electron chi connectivity index (χ0n) is 14.9. The van der Waals surface area contributed by atoms with Crippen LogP contribution in [0.15, 0.2) is 53.7 Å². The van der Waals surface area contributed by atoms with E-state index in [9.17, 15) is 26.3 Å². The van der Waals surface area contributed by atoms with Crippen LogP contribution in [-0.2, 0) is 12.4 Å². The van der Waals surface area contributed by atoms with Gasteiger partial charge in [0.05, 0.1) is 23.5 Å².